The van der Waals surface area contributed by atoms with Gasteiger partial charge >= 0.3 is 0 Å². The maximum Gasteiger partial charge on any atom is 0.0555 e. The van der Waals surface area contributed by atoms with E-state index in [0.29, 0.717) is 6.04 Å². The molecule has 1 aliphatic rings. The molecule has 2 heteroatoms. The van der Waals surface area contributed by atoms with E-state index in [0.717, 1.165) is 25.8 Å². The summed E-state index contributed by atoms with van der Waals surface area (Å²) in [6, 6.07) is 9.07. The number of aliphatic hydroxyl groups is 1. The van der Waals surface area contributed by atoms with E-state index in [9.17, 15) is 5.11 Å². The van der Waals surface area contributed by atoms with Gasteiger partial charge in [0.25, 0.3) is 0 Å². The van der Waals surface area contributed by atoms with E-state index in [-0.39, 0.29) is 6.10 Å². The molecule has 1 aliphatic carbocycles. The summed E-state index contributed by atoms with van der Waals surface area (Å²) in [5.74, 6) is 0. The maximum absolute atomic E-state index is 9.58. The van der Waals surface area contributed by atoms with Crippen molar-refractivity contribution in [2.24, 2.45) is 0 Å². The lowest BCUT2D eigenvalue weighted by atomic mass is 9.93. The third kappa shape index (κ3) is 3.32. The average molecular weight is 219 g/mol. The van der Waals surface area contributed by atoms with Crippen molar-refractivity contribution in [1.82, 2.24) is 5.32 Å². The van der Waals surface area contributed by atoms with Crippen LogP contribution in [0.3, 0.4) is 0 Å². The number of aliphatic hydroxyl groups excluding tert-OH is 1. The van der Waals surface area contributed by atoms with E-state index in [1.165, 1.54) is 17.5 Å². The lowest BCUT2D eigenvalue weighted by Gasteiger charge is -2.26. The first-order valence-corrected chi connectivity index (χ1v) is 6.21. The molecule has 16 heavy (non-hydrogen) atoms. The molecular weight excluding hydrogens is 198 g/mol. The molecule has 1 aromatic rings. The highest BCUT2D eigenvalue weighted by molar-refractivity contribution is 5.22. The smallest absolute Gasteiger partial charge is 0.0555 e. The van der Waals surface area contributed by atoms with Crippen LogP contribution in [-0.4, -0.2) is 17.3 Å². The molecular formula is C14H21NO. The van der Waals surface area contributed by atoms with Gasteiger partial charge in [-0.05, 0) is 38.2 Å². The molecule has 0 aromatic heterocycles. The van der Waals surface area contributed by atoms with Crippen LogP contribution in [0.5, 0.6) is 0 Å². The molecule has 0 saturated heterocycles. The van der Waals surface area contributed by atoms with Crippen molar-refractivity contribution in [3.8, 4) is 0 Å². The van der Waals surface area contributed by atoms with Crippen LogP contribution in [0.15, 0.2) is 24.3 Å². The number of hydrogen-bond donors (Lipinski definition) is 2. The van der Waals surface area contributed by atoms with Crippen molar-refractivity contribution in [1.29, 1.82) is 0 Å². The Hall–Kier alpha value is -0.860. The van der Waals surface area contributed by atoms with Crippen LogP contribution in [0.2, 0.25) is 0 Å². The third-order valence-electron chi connectivity index (χ3n) is 3.32. The highest BCUT2D eigenvalue weighted by Crippen LogP contribution is 2.18. The lowest BCUT2D eigenvalue weighted by molar-refractivity contribution is 0.111. The number of nitrogens with one attached hydrogen (secondary N) is 1. The molecule has 2 N–H and O–H groups in total. The van der Waals surface area contributed by atoms with Gasteiger partial charge in [0.1, 0.15) is 0 Å². The summed E-state index contributed by atoms with van der Waals surface area (Å²) < 4.78 is 0. The normalized spacial score (nSPS) is 25.6. The lowest BCUT2D eigenvalue weighted by Crippen LogP contribution is -2.35. The van der Waals surface area contributed by atoms with E-state index in [1.807, 2.05) is 0 Å². The zero-order valence-electron chi connectivity index (χ0n) is 9.95. The summed E-state index contributed by atoms with van der Waals surface area (Å²) in [4.78, 5) is 0. The first-order chi connectivity index (χ1) is 7.74. The van der Waals surface area contributed by atoms with Crippen molar-refractivity contribution in [2.45, 2.75) is 51.3 Å². The third-order valence-corrected chi connectivity index (χ3v) is 3.32. The monoisotopic (exact) mass is 219 g/mol. The second-order valence-electron chi connectivity index (χ2n) is 4.89. The minimum absolute atomic E-state index is 0.0937. The summed E-state index contributed by atoms with van der Waals surface area (Å²) >= 11 is 0. The van der Waals surface area contributed by atoms with E-state index < -0.39 is 0 Å². The van der Waals surface area contributed by atoms with Crippen molar-refractivity contribution in [2.75, 3.05) is 0 Å². The highest BCUT2D eigenvalue weighted by atomic mass is 16.3. The Bertz CT molecular complexity index is 337. The predicted molar refractivity (Wildman–Crippen MR) is 66.3 cm³/mol. The van der Waals surface area contributed by atoms with Crippen molar-refractivity contribution >= 4 is 0 Å². The fourth-order valence-electron chi connectivity index (χ4n) is 2.43. The zero-order valence-corrected chi connectivity index (χ0v) is 9.95. The van der Waals surface area contributed by atoms with Crippen LogP contribution >= 0.6 is 0 Å². The number of aryl methyl sites for hydroxylation is 1. The quantitative estimate of drug-likeness (QED) is 0.818. The molecule has 1 fully saturated rings. The Morgan fingerprint density at radius 2 is 2.25 bits per heavy atom. The molecule has 0 unspecified atom stereocenters. The van der Waals surface area contributed by atoms with Gasteiger partial charge in [-0.15, -0.1) is 0 Å². The van der Waals surface area contributed by atoms with Crippen molar-refractivity contribution < 1.29 is 5.11 Å². The van der Waals surface area contributed by atoms with Crippen LogP contribution in [0.4, 0.5) is 0 Å². The van der Waals surface area contributed by atoms with Gasteiger partial charge in [0.05, 0.1) is 6.10 Å². The molecule has 0 spiro atoms. The van der Waals surface area contributed by atoms with Crippen LogP contribution in [-0.2, 0) is 6.54 Å². The van der Waals surface area contributed by atoms with Crippen LogP contribution < -0.4 is 5.32 Å². The molecule has 2 atom stereocenters. The van der Waals surface area contributed by atoms with Gasteiger partial charge in [0, 0.05) is 12.6 Å². The molecule has 0 radical (unpaired) electrons. The molecule has 1 saturated carbocycles. The molecule has 0 bridgehead atoms. The average Bonchev–Trinajstić information content (AvgIpc) is 2.27. The molecule has 2 rings (SSSR count). The predicted octanol–water partition coefficient (Wildman–Crippen LogP) is 2.39. The van der Waals surface area contributed by atoms with Crippen molar-refractivity contribution in [3.05, 3.63) is 35.4 Å². The Morgan fingerprint density at radius 1 is 1.38 bits per heavy atom. The molecule has 0 aliphatic heterocycles. The van der Waals surface area contributed by atoms with E-state index in [4.69, 9.17) is 0 Å². The zero-order chi connectivity index (χ0) is 11.4. The van der Waals surface area contributed by atoms with E-state index in [1.54, 1.807) is 0 Å². The van der Waals surface area contributed by atoms with Gasteiger partial charge in [-0.25, -0.2) is 0 Å². The molecule has 1 aromatic carbocycles. The maximum atomic E-state index is 9.58. The largest absolute Gasteiger partial charge is 0.393 e. The van der Waals surface area contributed by atoms with Crippen molar-refractivity contribution in [3.63, 3.8) is 0 Å². The Kier molecular flexibility index (Phi) is 3.97. The molecule has 0 heterocycles. The molecule has 0 amide bonds. The highest BCUT2D eigenvalue weighted by Gasteiger charge is 2.19. The second-order valence-corrected chi connectivity index (χ2v) is 4.89. The first kappa shape index (κ1) is 11.6. The first-order valence-electron chi connectivity index (χ1n) is 6.21. The topological polar surface area (TPSA) is 32.3 Å². The Labute approximate surface area is 97.7 Å². The van der Waals surface area contributed by atoms with Gasteiger partial charge in [-0.1, -0.05) is 29.8 Å². The van der Waals surface area contributed by atoms with Gasteiger partial charge in [0.2, 0.25) is 0 Å². The van der Waals surface area contributed by atoms with Crippen LogP contribution in [0.25, 0.3) is 0 Å². The van der Waals surface area contributed by atoms with Gasteiger partial charge < -0.3 is 10.4 Å². The molecule has 88 valence electrons. The summed E-state index contributed by atoms with van der Waals surface area (Å²) in [7, 11) is 0. The fraction of sp³-hybridized carbons (Fsp3) is 0.571. The fourth-order valence-corrected chi connectivity index (χ4v) is 2.43. The van der Waals surface area contributed by atoms with E-state index in [2.05, 4.69) is 36.5 Å². The minimum atomic E-state index is -0.0937. The second kappa shape index (κ2) is 5.46. The summed E-state index contributed by atoms with van der Waals surface area (Å²) in [6.07, 6.45) is 4.13. The van der Waals surface area contributed by atoms with Crippen LogP contribution in [0.1, 0.15) is 36.8 Å². The van der Waals surface area contributed by atoms with Gasteiger partial charge in [-0.2, -0.15) is 0 Å². The standard InChI is InChI=1S/C14H21NO/c1-11-4-2-5-12(8-11)10-15-13-6-3-7-14(16)9-13/h2,4-5,8,13-16H,3,6-7,9-10H2,1H3/t13-,14-/m1/s1. The minimum Gasteiger partial charge on any atom is -0.393 e. The Balaban J connectivity index is 1.82. The van der Waals surface area contributed by atoms with E-state index >= 15 is 0 Å². The van der Waals surface area contributed by atoms with Crippen LogP contribution in [0, 0.1) is 6.92 Å². The summed E-state index contributed by atoms with van der Waals surface area (Å²) in [6.45, 7) is 3.03. The number of benzene rings is 1. The molecule has 2 nitrogen and oxygen atoms in total. The SMILES string of the molecule is Cc1cccc(CN[C@@H]2CCC[C@@H](O)C2)c1. The number of rotatable bonds is 3. The van der Waals surface area contributed by atoms with Gasteiger partial charge in [-0.3, -0.25) is 0 Å². The number of hydrogen-bond acceptors (Lipinski definition) is 2. The summed E-state index contributed by atoms with van der Waals surface area (Å²) in [5.41, 5.74) is 2.64. The summed E-state index contributed by atoms with van der Waals surface area (Å²) in [5, 5.41) is 13.1. The van der Waals surface area contributed by atoms with Gasteiger partial charge in [0.15, 0.2) is 0 Å². The Morgan fingerprint density at radius 3 is 3.00 bits per heavy atom.